The molecular formula is C25H21ClF3N3O4. The smallest absolute Gasteiger partial charge is 0.387 e. The van der Waals surface area contributed by atoms with Gasteiger partial charge in [-0.3, -0.25) is 0 Å². The van der Waals surface area contributed by atoms with E-state index in [2.05, 4.69) is 14.8 Å². The number of alkyl halides is 2. The molecule has 0 spiro atoms. The highest BCUT2D eigenvalue weighted by atomic mass is 35.5. The van der Waals surface area contributed by atoms with Crippen molar-refractivity contribution in [3.63, 3.8) is 0 Å². The van der Waals surface area contributed by atoms with Crippen molar-refractivity contribution >= 4 is 28.5 Å². The summed E-state index contributed by atoms with van der Waals surface area (Å²) >= 11 is 5.93. The summed E-state index contributed by atoms with van der Waals surface area (Å²) in [5, 5.41) is 4.55. The second-order valence-electron chi connectivity index (χ2n) is 7.68. The van der Waals surface area contributed by atoms with Crippen molar-refractivity contribution in [1.82, 2.24) is 14.8 Å². The number of ether oxygens (including phenoxy) is 3. The van der Waals surface area contributed by atoms with Gasteiger partial charge in [0.1, 0.15) is 22.8 Å². The Labute approximate surface area is 209 Å². The molecule has 11 heteroatoms. The van der Waals surface area contributed by atoms with Gasteiger partial charge in [-0.05, 0) is 36.2 Å². The maximum absolute atomic E-state index is 14.8. The third kappa shape index (κ3) is 5.38. The molecule has 2 aromatic carbocycles. The predicted molar refractivity (Wildman–Crippen MR) is 127 cm³/mol. The number of carbonyl (C=O) groups is 1. The molecule has 0 amide bonds. The Kier molecular flexibility index (Phi) is 7.64. The number of aryl methyl sites for hydroxylation is 1. The van der Waals surface area contributed by atoms with E-state index in [4.69, 9.17) is 21.1 Å². The van der Waals surface area contributed by atoms with E-state index in [1.165, 1.54) is 19.4 Å². The van der Waals surface area contributed by atoms with E-state index in [-0.39, 0.29) is 28.8 Å². The van der Waals surface area contributed by atoms with Gasteiger partial charge in [0.05, 0.1) is 29.4 Å². The molecule has 4 rings (SSSR count). The molecule has 36 heavy (non-hydrogen) atoms. The zero-order chi connectivity index (χ0) is 25.8. The number of esters is 1. The van der Waals surface area contributed by atoms with Gasteiger partial charge in [-0.15, -0.1) is 0 Å². The third-order valence-corrected chi connectivity index (χ3v) is 5.63. The van der Waals surface area contributed by atoms with Crippen LogP contribution in [0.4, 0.5) is 13.2 Å². The molecule has 0 aliphatic heterocycles. The van der Waals surface area contributed by atoms with E-state index in [1.54, 1.807) is 42.1 Å². The molecule has 0 aliphatic rings. The number of benzene rings is 2. The molecule has 0 saturated carbocycles. The number of methoxy groups -OCH3 is 1. The Bertz CT molecular complexity index is 1390. The van der Waals surface area contributed by atoms with Crippen LogP contribution in [0.2, 0.25) is 5.02 Å². The minimum atomic E-state index is -3.19. The SMILES string of the molecule is CCc1nc2c(F)ccc(OCC(=O)OC)c2c(OC(F)F)c1Cc1ccc(-n2cc(Cl)cn2)cc1. The molecule has 0 N–H and O–H groups in total. The molecule has 188 valence electrons. The van der Waals surface area contributed by atoms with Crippen molar-refractivity contribution in [3.05, 3.63) is 76.5 Å². The zero-order valence-corrected chi connectivity index (χ0v) is 20.1. The number of pyridine rings is 1. The minimum absolute atomic E-state index is 0.0326. The van der Waals surface area contributed by atoms with Crippen LogP contribution in [0.25, 0.3) is 16.6 Å². The number of carbonyl (C=O) groups excluding carboxylic acids is 1. The van der Waals surface area contributed by atoms with E-state index in [0.717, 1.165) is 17.3 Å². The maximum atomic E-state index is 14.8. The summed E-state index contributed by atoms with van der Waals surface area (Å²) in [5.41, 5.74) is 2.07. The first-order valence-corrected chi connectivity index (χ1v) is 11.3. The Balaban J connectivity index is 1.82. The van der Waals surface area contributed by atoms with Gasteiger partial charge < -0.3 is 14.2 Å². The lowest BCUT2D eigenvalue weighted by molar-refractivity contribution is -0.142. The van der Waals surface area contributed by atoms with Gasteiger partial charge in [-0.1, -0.05) is 30.7 Å². The van der Waals surface area contributed by atoms with Crippen LogP contribution in [0.15, 0.2) is 48.8 Å². The Morgan fingerprint density at radius 2 is 1.92 bits per heavy atom. The maximum Gasteiger partial charge on any atom is 0.387 e. The van der Waals surface area contributed by atoms with Crippen molar-refractivity contribution in [2.45, 2.75) is 26.4 Å². The van der Waals surface area contributed by atoms with Crippen molar-refractivity contribution in [2.75, 3.05) is 13.7 Å². The second kappa shape index (κ2) is 10.9. The van der Waals surface area contributed by atoms with Crippen molar-refractivity contribution in [2.24, 2.45) is 0 Å². The quantitative estimate of drug-likeness (QED) is 0.271. The lowest BCUT2D eigenvalue weighted by Crippen LogP contribution is -2.14. The normalized spacial score (nSPS) is 11.2. The minimum Gasteiger partial charge on any atom is -0.481 e. The van der Waals surface area contributed by atoms with E-state index in [9.17, 15) is 18.0 Å². The van der Waals surface area contributed by atoms with E-state index < -0.39 is 25.0 Å². The standard InChI is InChI=1S/C25H21ClF3N3O4/c1-3-19-17(10-14-4-6-16(7-5-14)32-12-15(26)11-30-32)24(36-25(28)29)22-20(35-13-21(33)34-2)9-8-18(27)23(22)31-19/h4-9,11-12,25H,3,10,13H2,1-2H3. The number of halogens is 4. The van der Waals surface area contributed by atoms with E-state index in [1.807, 2.05) is 0 Å². The molecule has 7 nitrogen and oxygen atoms in total. The van der Waals surface area contributed by atoms with Crippen molar-refractivity contribution < 1.29 is 32.2 Å². The van der Waals surface area contributed by atoms with Crippen LogP contribution in [-0.2, 0) is 22.4 Å². The van der Waals surface area contributed by atoms with Crippen LogP contribution < -0.4 is 9.47 Å². The third-order valence-electron chi connectivity index (χ3n) is 5.43. The first-order valence-electron chi connectivity index (χ1n) is 10.9. The second-order valence-corrected chi connectivity index (χ2v) is 8.11. The summed E-state index contributed by atoms with van der Waals surface area (Å²) in [5.74, 6) is -1.72. The highest BCUT2D eigenvalue weighted by Crippen LogP contribution is 2.40. The topological polar surface area (TPSA) is 75.5 Å². The van der Waals surface area contributed by atoms with Gasteiger partial charge in [-0.2, -0.15) is 13.9 Å². The van der Waals surface area contributed by atoms with Gasteiger partial charge >= 0.3 is 12.6 Å². The van der Waals surface area contributed by atoms with E-state index >= 15 is 0 Å². The molecular weight excluding hydrogens is 499 g/mol. The highest BCUT2D eigenvalue weighted by molar-refractivity contribution is 6.30. The van der Waals surface area contributed by atoms with Gasteiger partial charge in [0.25, 0.3) is 0 Å². The molecule has 2 heterocycles. The van der Waals surface area contributed by atoms with Crippen LogP contribution in [0.1, 0.15) is 23.7 Å². The monoisotopic (exact) mass is 519 g/mol. The Hall–Kier alpha value is -3.79. The summed E-state index contributed by atoms with van der Waals surface area (Å²) in [7, 11) is 1.18. The van der Waals surface area contributed by atoms with Crippen LogP contribution >= 0.6 is 11.6 Å². The zero-order valence-electron chi connectivity index (χ0n) is 19.3. The molecule has 4 aromatic rings. The van der Waals surface area contributed by atoms with Crippen molar-refractivity contribution in [3.8, 4) is 17.2 Å². The summed E-state index contributed by atoms with van der Waals surface area (Å²) in [6.45, 7) is -1.92. The molecule has 0 fully saturated rings. The molecule has 2 aromatic heterocycles. The summed E-state index contributed by atoms with van der Waals surface area (Å²) < 4.78 is 58.5. The molecule has 0 bridgehead atoms. The number of nitrogens with zero attached hydrogens (tertiary/aromatic N) is 3. The summed E-state index contributed by atoms with van der Waals surface area (Å²) in [6, 6.07) is 9.54. The predicted octanol–water partition coefficient (Wildman–Crippen LogP) is 5.52. The number of hydrogen-bond acceptors (Lipinski definition) is 6. The Morgan fingerprint density at radius 1 is 1.17 bits per heavy atom. The van der Waals surface area contributed by atoms with Crippen LogP contribution in [0.3, 0.4) is 0 Å². The van der Waals surface area contributed by atoms with Crippen LogP contribution in [-0.4, -0.2) is 41.1 Å². The molecule has 0 aliphatic carbocycles. The van der Waals surface area contributed by atoms with Gasteiger partial charge in [0.2, 0.25) is 0 Å². The first kappa shape index (κ1) is 25.3. The van der Waals surface area contributed by atoms with Gasteiger partial charge in [-0.25, -0.2) is 18.9 Å². The summed E-state index contributed by atoms with van der Waals surface area (Å²) in [4.78, 5) is 16.0. The molecule has 0 radical (unpaired) electrons. The fourth-order valence-electron chi connectivity index (χ4n) is 3.78. The number of hydrogen-bond donors (Lipinski definition) is 0. The average Bonchev–Trinajstić information content (AvgIpc) is 3.30. The molecule has 0 atom stereocenters. The highest BCUT2D eigenvalue weighted by Gasteiger charge is 2.24. The largest absolute Gasteiger partial charge is 0.481 e. The fourth-order valence-corrected chi connectivity index (χ4v) is 3.92. The van der Waals surface area contributed by atoms with Crippen LogP contribution in [0, 0.1) is 5.82 Å². The lowest BCUT2D eigenvalue weighted by atomic mass is 9.98. The Morgan fingerprint density at radius 3 is 2.53 bits per heavy atom. The first-order chi connectivity index (χ1) is 17.3. The van der Waals surface area contributed by atoms with E-state index in [0.29, 0.717) is 22.7 Å². The fraction of sp³-hybridized carbons (Fsp3) is 0.240. The number of rotatable bonds is 9. The number of fused-ring (bicyclic) bond motifs is 1. The summed E-state index contributed by atoms with van der Waals surface area (Å²) in [6.07, 6.45) is 3.66. The molecule has 0 saturated heterocycles. The average molecular weight is 520 g/mol. The lowest BCUT2D eigenvalue weighted by Gasteiger charge is -2.19. The molecule has 0 unspecified atom stereocenters. The van der Waals surface area contributed by atoms with Crippen LogP contribution in [0.5, 0.6) is 11.5 Å². The van der Waals surface area contributed by atoms with Crippen molar-refractivity contribution in [1.29, 1.82) is 0 Å². The van der Waals surface area contributed by atoms with Gasteiger partial charge in [0.15, 0.2) is 6.61 Å². The number of aromatic nitrogens is 3. The van der Waals surface area contributed by atoms with Gasteiger partial charge in [0, 0.05) is 23.9 Å².